The smallest absolute Gasteiger partial charge is 0.191 e. The first-order valence-electron chi connectivity index (χ1n) is 8.62. The van der Waals surface area contributed by atoms with Crippen molar-refractivity contribution in [3.05, 3.63) is 35.6 Å². The number of aliphatic imine (C=N–C) groups is 1. The molecule has 0 atom stereocenters. The van der Waals surface area contributed by atoms with E-state index >= 15 is 0 Å². The Morgan fingerprint density at radius 2 is 2.04 bits per heavy atom. The zero-order valence-corrected chi connectivity index (χ0v) is 17.1. The maximum Gasteiger partial charge on any atom is 0.191 e. The number of nitrogens with zero attached hydrogens (tertiary/aromatic N) is 2. The zero-order valence-electron chi connectivity index (χ0n) is 14.7. The van der Waals surface area contributed by atoms with E-state index in [9.17, 15) is 4.39 Å². The molecule has 0 unspecified atom stereocenters. The second-order valence-corrected chi connectivity index (χ2v) is 6.15. The highest BCUT2D eigenvalue weighted by Gasteiger charge is 2.17. The van der Waals surface area contributed by atoms with Crippen LogP contribution in [0.1, 0.15) is 31.7 Å². The second kappa shape index (κ2) is 11.6. The van der Waals surface area contributed by atoms with Gasteiger partial charge in [-0.15, -0.1) is 24.0 Å². The lowest BCUT2D eigenvalue weighted by molar-refractivity contribution is 0.187. The normalized spacial score (nSPS) is 16.5. The van der Waals surface area contributed by atoms with Crippen LogP contribution in [0.2, 0.25) is 0 Å². The van der Waals surface area contributed by atoms with Gasteiger partial charge in [0.2, 0.25) is 0 Å². The Kier molecular flexibility index (Phi) is 10.2. The fourth-order valence-electron chi connectivity index (χ4n) is 3.04. The summed E-state index contributed by atoms with van der Waals surface area (Å²) in [5.41, 5.74) is 0.917. The number of hydrogen-bond donors (Lipinski definition) is 2. The Hall–Kier alpha value is -0.890. The van der Waals surface area contributed by atoms with Crippen molar-refractivity contribution in [2.24, 2.45) is 10.9 Å². The van der Waals surface area contributed by atoms with E-state index in [0.717, 1.165) is 24.0 Å². The molecule has 0 amide bonds. The standard InChI is InChI=1S/C18H29FN4.HI/c1-3-23-11-8-15(9-12-23)7-10-21-18(20-2)22-14-16-5-4-6-17(19)13-16;/h4-6,13,15H,3,7-12,14H2,1-2H3,(H2,20,21,22);1H. The van der Waals surface area contributed by atoms with Crippen LogP contribution in [-0.2, 0) is 6.54 Å². The Morgan fingerprint density at radius 1 is 1.29 bits per heavy atom. The van der Waals surface area contributed by atoms with Gasteiger partial charge < -0.3 is 15.5 Å². The predicted octanol–water partition coefficient (Wildman–Crippen LogP) is 3.23. The highest BCUT2D eigenvalue weighted by Crippen LogP contribution is 2.19. The summed E-state index contributed by atoms with van der Waals surface area (Å²) in [6.45, 7) is 7.37. The first kappa shape index (κ1) is 21.2. The Balaban J connectivity index is 0.00000288. The monoisotopic (exact) mass is 448 g/mol. The van der Waals surface area contributed by atoms with Crippen LogP contribution in [0, 0.1) is 11.7 Å². The third kappa shape index (κ3) is 7.34. The molecule has 1 saturated heterocycles. The van der Waals surface area contributed by atoms with E-state index < -0.39 is 0 Å². The van der Waals surface area contributed by atoms with Gasteiger partial charge in [0.05, 0.1) is 0 Å². The van der Waals surface area contributed by atoms with Gasteiger partial charge in [0.1, 0.15) is 5.82 Å². The average molecular weight is 448 g/mol. The molecule has 1 fully saturated rings. The summed E-state index contributed by atoms with van der Waals surface area (Å²) in [5.74, 6) is 1.39. The number of piperidine rings is 1. The Labute approximate surface area is 162 Å². The third-order valence-electron chi connectivity index (χ3n) is 4.57. The molecular weight excluding hydrogens is 418 g/mol. The van der Waals surface area contributed by atoms with E-state index in [4.69, 9.17) is 0 Å². The molecule has 6 heteroatoms. The fourth-order valence-corrected chi connectivity index (χ4v) is 3.04. The van der Waals surface area contributed by atoms with Crippen molar-refractivity contribution in [2.75, 3.05) is 33.2 Å². The van der Waals surface area contributed by atoms with Crippen LogP contribution in [-0.4, -0.2) is 44.1 Å². The molecule has 0 aliphatic carbocycles. The SMILES string of the molecule is CCN1CCC(CCNC(=NC)NCc2cccc(F)c2)CC1.I. The van der Waals surface area contributed by atoms with Gasteiger partial charge in [0, 0.05) is 20.1 Å². The summed E-state index contributed by atoms with van der Waals surface area (Å²) in [5, 5.41) is 6.59. The lowest BCUT2D eigenvalue weighted by Crippen LogP contribution is -2.39. The molecule has 0 spiro atoms. The van der Waals surface area contributed by atoms with Crippen molar-refractivity contribution in [2.45, 2.75) is 32.7 Å². The minimum atomic E-state index is -0.203. The first-order valence-corrected chi connectivity index (χ1v) is 8.62. The van der Waals surface area contributed by atoms with Gasteiger partial charge in [-0.2, -0.15) is 0 Å². The van der Waals surface area contributed by atoms with Crippen molar-refractivity contribution in [1.29, 1.82) is 0 Å². The molecule has 0 bridgehead atoms. The number of likely N-dealkylation sites (tertiary alicyclic amines) is 1. The van der Waals surface area contributed by atoms with Crippen LogP contribution in [0.15, 0.2) is 29.3 Å². The van der Waals surface area contributed by atoms with E-state index in [1.54, 1.807) is 19.2 Å². The van der Waals surface area contributed by atoms with E-state index in [2.05, 4.69) is 27.4 Å². The molecular formula is C18H30FIN4. The van der Waals surface area contributed by atoms with Gasteiger partial charge in [-0.1, -0.05) is 19.1 Å². The zero-order chi connectivity index (χ0) is 16.5. The molecule has 2 rings (SSSR count). The molecule has 136 valence electrons. The second-order valence-electron chi connectivity index (χ2n) is 6.15. The molecule has 24 heavy (non-hydrogen) atoms. The number of benzene rings is 1. The Morgan fingerprint density at radius 3 is 2.67 bits per heavy atom. The molecule has 4 nitrogen and oxygen atoms in total. The van der Waals surface area contributed by atoms with Crippen LogP contribution in [0.4, 0.5) is 4.39 Å². The highest BCUT2D eigenvalue weighted by molar-refractivity contribution is 14.0. The molecule has 0 saturated carbocycles. The topological polar surface area (TPSA) is 39.7 Å². The lowest BCUT2D eigenvalue weighted by atomic mass is 9.93. The highest BCUT2D eigenvalue weighted by atomic mass is 127. The molecule has 1 heterocycles. The van der Waals surface area contributed by atoms with Crippen LogP contribution in [0.25, 0.3) is 0 Å². The van der Waals surface area contributed by atoms with Crippen molar-refractivity contribution < 1.29 is 4.39 Å². The minimum Gasteiger partial charge on any atom is -0.356 e. The first-order chi connectivity index (χ1) is 11.2. The molecule has 2 N–H and O–H groups in total. The summed E-state index contributed by atoms with van der Waals surface area (Å²) in [4.78, 5) is 6.74. The predicted molar refractivity (Wildman–Crippen MR) is 109 cm³/mol. The van der Waals surface area contributed by atoms with Gasteiger partial charge >= 0.3 is 0 Å². The van der Waals surface area contributed by atoms with Gasteiger partial charge in [-0.05, 0) is 62.5 Å². The molecule has 1 aliphatic heterocycles. The third-order valence-corrected chi connectivity index (χ3v) is 4.57. The summed E-state index contributed by atoms with van der Waals surface area (Å²) in [6.07, 6.45) is 3.77. The number of hydrogen-bond acceptors (Lipinski definition) is 2. The molecule has 1 aromatic carbocycles. The molecule has 1 aliphatic rings. The van der Waals surface area contributed by atoms with Crippen molar-refractivity contribution in [3.63, 3.8) is 0 Å². The van der Waals surface area contributed by atoms with Gasteiger partial charge in [-0.3, -0.25) is 4.99 Å². The molecule has 0 aromatic heterocycles. The van der Waals surface area contributed by atoms with E-state index in [0.29, 0.717) is 6.54 Å². The number of nitrogens with one attached hydrogen (secondary N) is 2. The van der Waals surface area contributed by atoms with Gasteiger partial charge in [0.15, 0.2) is 5.96 Å². The largest absolute Gasteiger partial charge is 0.356 e. The average Bonchev–Trinajstić information content (AvgIpc) is 2.58. The Bertz CT molecular complexity index is 502. The summed E-state index contributed by atoms with van der Waals surface area (Å²) in [7, 11) is 1.76. The fraction of sp³-hybridized carbons (Fsp3) is 0.611. The van der Waals surface area contributed by atoms with Crippen LogP contribution < -0.4 is 10.6 Å². The van der Waals surface area contributed by atoms with E-state index in [-0.39, 0.29) is 29.8 Å². The van der Waals surface area contributed by atoms with Crippen LogP contribution in [0.5, 0.6) is 0 Å². The minimum absolute atomic E-state index is 0. The van der Waals surface area contributed by atoms with Crippen molar-refractivity contribution >= 4 is 29.9 Å². The number of guanidine groups is 1. The number of halogens is 2. The number of rotatable bonds is 6. The summed E-state index contributed by atoms with van der Waals surface area (Å²) < 4.78 is 13.2. The van der Waals surface area contributed by atoms with Gasteiger partial charge in [-0.25, -0.2) is 4.39 Å². The summed E-state index contributed by atoms with van der Waals surface area (Å²) >= 11 is 0. The van der Waals surface area contributed by atoms with E-state index in [1.807, 2.05) is 6.07 Å². The molecule has 1 aromatic rings. The van der Waals surface area contributed by atoms with Crippen molar-refractivity contribution in [3.8, 4) is 0 Å². The molecule has 0 radical (unpaired) electrons. The maximum absolute atomic E-state index is 13.2. The van der Waals surface area contributed by atoms with E-state index in [1.165, 1.54) is 45.0 Å². The summed E-state index contributed by atoms with van der Waals surface area (Å²) in [6, 6.07) is 6.64. The van der Waals surface area contributed by atoms with Crippen molar-refractivity contribution in [1.82, 2.24) is 15.5 Å². The van der Waals surface area contributed by atoms with Gasteiger partial charge in [0.25, 0.3) is 0 Å². The quantitative estimate of drug-likeness (QED) is 0.399. The lowest BCUT2D eigenvalue weighted by Gasteiger charge is -2.31. The maximum atomic E-state index is 13.2. The van der Waals surface area contributed by atoms with Crippen LogP contribution in [0.3, 0.4) is 0 Å². The van der Waals surface area contributed by atoms with Crippen LogP contribution >= 0.6 is 24.0 Å².